The van der Waals surface area contributed by atoms with Crippen molar-refractivity contribution in [2.45, 2.75) is 18.5 Å². The number of aromatic nitrogens is 1. The third-order valence-electron chi connectivity index (χ3n) is 2.61. The second-order valence-electron chi connectivity index (χ2n) is 4.37. The number of amides is 1. The molecule has 0 aliphatic carbocycles. The molecule has 1 heterocycles. The lowest BCUT2D eigenvalue weighted by Gasteiger charge is -2.05. The minimum absolute atomic E-state index is 0.0163. The molecular formula is C15H15ClN2OS. The van der Waals surface area contributed by atoms with Gasteiger partial charge in [-0.25, -0.2) is 4.98 Å². The van der Waals surface area contributed by atoms with Gasteiger partial charge in [0.25, 0.3) is 0 Å². The Balaban J connectivity index is 1.77. The number of rotatable bonds is 5. The molecule has 0 atom stereocenters. The van der Waals surface area contributed by atoms with Crippen LogP contribution in [0.5, 0.6) is 0 Å². The summed E-state index contributed by atoms with van der Waals surface area (Å²) in [5.74, 6) is 0.341. The average Bonchev–Trinajstić information content (AvgIpc) is 2.45. The van der Waals surface area contributed by atoms with E-state index in [0.29, 0.717) is 17.3 Å². The predicted octanol–water partition coefficient (Wildman–Crippen LogP) is 3.45. The second kappa shape index (κ2) is 7.31. The lowest BCUT2D eigenvalue weighted by Crippen LogP contribution is -2.24. The first-order valence-corrected chi connectivity index (χ1v) is 7.56. The van der Waals surface area contributed by atoms with E-state index in [1.807, 2.05) is 43.3 Å². The van der Waals surface area contributed by atoms with Crippen molar-refractivity contribution < 1.29 is 4.79 Å². The van der Waals surface area contributed by atoms with E-state index in [1.165, 1.54) is 11.8 Å². The fourth-order valence-corrected chi connectivity index (χ4v) is 2.46. The maximum absolute atomic E-state index is 11.7. The summed E-state index contributed by atoms with van der Waals surface area (Å²) in [6, 6.07) is 11.4. The molecule has 5 heteroatoms. The van der Waals surface area contributed by atoms with Crippen LogP contribution in [0.2, 0.25) is 5.02 Å². The van der Waals surface area contributed by atoms with Gasteiger partial charge < -0.3 is 5.32 Å². The van der Waals surface area contributed by atoms with Crippen LogP contribution in [0.1, 0.15) is 11.1 Å². The molecule has 1 N–H and O–H groups in total. The SMILES string of the molecule is Cc1ccc(SCC(=O)NCc2cccc(Cl)c2)nc1. The van der Waals surface area contributed by atoms with Gasteiger partial charge in [-0.1, -0.05) is 41.6 Å². The molecule has 0 unspecified atom stereocenters. The molecule has 0 aliphatic heterocycles. The molecule has 0 radical (unpaired) electrons. The Morgan fingerprint density at radius 1 is 1.35 bits per heavy atom. The summed E-state index contributed by atoms with van der Waals surface area (Å²) in [5, 5.41) is 4.39. The molecule has 1 aromatic carbocycles. The number of nitrogens with one attached hydrogen (secondary N) is 1. The second-order valence-corrected chi connectivity index (χ2v) is 5.80. The molecule has 1 aromatic heterocycles. The van der Waals surface area contributed by atoms with Gasteiger partial charge in [0.2, 0.25) is 5.91 Å². The molecule has 104 valence electrons. The van der Waals surface area contributed by atoms with Crippen LogP contribution in [-0.2, 0) is 11.3 Å². The van der Waals surface area contributed by atoms with Crippen molar-refractivity contribution in [1.82, 2.24) is 10.3 Å². The van der Waals surface area contributed by atoms with Crippen LogP contribution in [0, 0.1) is 6.92 Å². The standard InChI is InChI=1S/C15H15ClN2OS/c1-11-5-6-15(18-8-11)20-10-14(19)17-9-12-3-2-4-13(16)7-12/h2-8H,9-10H2,1H3,(H,17,19). The summed E-state index contributed by atoms with van der Waals surface area (Å²) in [4.78, 5) is 16.0. The molecule has 0 fully saturated rings. The van der Waals surface area contributed by atoms with E-state index in [-0.39, 0.29) is 5.91 Å². The number of nitrogens with zero attached hydrogens (tertiary/aromatic N) is 1. The number of carbonyl (C=O) groups excluding carboxylic acids is 1. The van der Waals surface area contributed by atoms with E-state index in [1.54, 1.807) is 6.20 Å². The summed E-state index contributed by atoms with van der Waals surface area (Å²) in [6.45, 7) is 2.47. The summed E-state index contributed by atoms with van der Waals surface area (Å²) < 4.78 is 0. The molecule has 20 heavy (non-hydrogen) atoms. The van der Waals surface area contributed by atoms with Gasteiger partial charge in [0, 0.05) is 17.8 Å². The molecule has 3 nitrogen and oxygen atoms in total. The Hall–Kier alpha value is -1.52. The van der Waals surface area contributed by atoms with Gasteiger partial charge in [0.05, 0.1) is 10.8 Å². The minimum Gasteiger partial charge on any atom is -0.351 e. The maximum Gasteiger partial charge on any atom is 0.230 e. The molecule has 0 saturated carbocycles. The van der Waals surface area contributed by atoms with Gasteiger partial charge in [-0.15, -0.1) is 0 Å². The molecule has 0 aliphatic rings. The molecule has 0 bridgehead atoms. The van der Waals surface area contributed by atoms with Gasteiger partial charge in [0.15, 0.2) is 0 Å². The normalized spacial score (nSPS) is 10.3. The Morgan fingerprint density at radius 2 is 2.20 bits per heavy atom. The summed E-state index contributed by atoms with van der Waals surface area (Å²) in [6.07, 6.45) is 1.80. The summed E-state index contributed by atoms with van der Waals surface area (Å²) in [7, 11) is 0. The largest absolute Gasteiger partial charge is 0.351 e. The number of pyridine rings is 1. The highest BCUT2D eigenvalue weighted by molar-refractivity contribution is 7.99. The lowest BCUT2D eigenvalue weighted by molar-refractivity contribution is -0.118. The van der Waals surface area contributed by atoms with Gasteiger partial charge in [-0.05, 0) is 36.2 Å². The first-order valence-electron chi connectivity index (χ1n) is 6.20. The zero-order chi connectivity index (χ0) is 14.4. The zero-order valence-corrected chi connectivity index (χ0v) is 12.7. The molecule has 2 aromatic rings. The molecule has 1 amide bonds. The number of hydrogen-bond acceptors (Lipinski definition) is 3. The van der Waals surface area contributed by atoms with Gasteiger partial charge in [-0.2, -0.15) is 0 Å². The van der Waals surface area contributed by atoms with Crippen LogP contribution in [0.25, 0.3) is 0 Å². The van der Waals surface area contributed by atoms with Crippen molar-refractivity contribution in [2.24, 2.45) is 0 Å². The first-order chi connectivity index (χ1) is 9.63. The van der Waals surface area contributed by atoms with E-state index in [0.717, 1.165) is 16.2 Å². The van der Waals surface area contributed by atoms with Gasteiger partial charge in [0.1, 0.15) is 0 Å². The smallest absolute Gasteiger partial charge is 0.230 e. The molecule has 0 spiro atoms. The van der Waals surface area contributed by atoms with Crippen LogP contribution >= 0.6 is 23.4 Å². The highest BCUT2D eigenvalue weighted by Crippen LogP contribution is 2.15. The monoisotopic (exact) mass is 306 g/mol. The number of hydrogen-bond donors (Lipinski definition) is 1. The van der Waals surface area contributed by atoms with Crippen molar-refractivity contribution in [3.8, 4) is 0 Å². The fourth-order valence-electron chi connectivity index (χ4n) is 1.58. The topological polar surface area (TPSA) is 42.0 Å². The van der Waals surface area contributed by atoms with Crippen LogP contribution in [0.15, 0.2) is 47.6 Å². The lowest BCUT2D eigenvalue weighted by atomic mass is 10.2. The van der Waals surface area contributed by atoms with Crippen molar-refractivity contribution in [3.63, 3.8) is 0 Å². The van der Waals surface area contributed by atoms with E-state index in [9.17, 15) is 4.79 Å². The van der Waals surface area contributed by atoms with Gasteiger partial charge >= 0.3 is 0 Å². The predicted molar refractivity (Wildman–Crippen MR) is 83.0 cm³/mol. The molecule has 0 saturated heterocycles. The molecular weight excluding hydrogens is 292 g/mol. The number of benzene rings is 1. The van der Waals surface area contributed by atoms with Crippen molar-refractivity contribution in [3.05, 3.63) is 58.7 Å². The average molecular weight is 307 g/mol. The Bertz CT molecular complexity index is 587. The highest BCUT2D eigenvalue weighted by atomic mass is 35.5. The highest BCUT2D eigenvalue weighted by Gasteiger charge is 2.04. The third-order valence-corrected chi connectivity index (χ3v) is 3.79. The quantitative estimate of drug-likeness (QED) is 0.860. The van der Waals surface area contributed by atoms with Crippen LogP contribution in [0.3, 0.4) is 0 Å². The zero-order valence-electron chi connectivity index (χ0n) is 11.1. The van der Waals surface area contributed by atoms with E-state index >= 15 is 0 Å². The van der Waals surface area contributed by atoms with Gasteiger partial charge in [-0.3, -0.25) is 4.79 Å². The number of carbonyl (C=O) groups is 1. The molecule has 2 rings (SSSR count). The Labute approximate surface area is 127 Å². The summed E-state index contributed by atoms with van der Waals surface area (Å²) in [5.41, 5.74) is 2.10. The van der Waals surface area contributed by atoms with Crippen molar-refractivity contribution in [2.75, 3.05) is 5.75 Å². The maximum atomic E-state index is 11.7. The van der Waals surface area contributed by atoms with E-state index in [2.05, 4.69) is 10.3 Å². The van der Waals surface area contributed by atoms with E-state index in [4.69, 9.17) is 11.6 Å². The summed E-state index contributed by atoms with van der Waals surface area (Å²) >= 11 is 7.32. The fraction of sp³-hybridized carbons (Fsp3) is 0.200. The Morgan fingerprint density at radius 3 is 2.90 bits per heavy atom. The van der Waals surface area contributed by atoms with Crippen LogP contribution < -0.4 is 5.32 Å². The third kappa shape index (κ3) is 4.87. The number of halogens is 1. The van der Waals surface area contributed by atoms with E-state index < -0.39 is 0 Å². The Kier molecular flexibility index (Phi) is 5.44. The minimum atomic E-state index is -0.0163. The number of thioether (sulfide) groups is 1. The first kappa shape index (κ1) is 14.9. The van der Waals surface area contributed by atoms with Crippen LogP contribution in [-0.4, -0.2) is 16.6 Å². The number of aryl methyl sites for hydroxylation is 1. The van der Waals surface area contributed by atoms with Crippen LogP contribution in [0.4, 0.5) is 0 Å². The van der Waals surface area contributed by atoms with Crippen molar-refractivity contribution >= 4 is 29.3 Å². The van der Waals surface area contributed by atoms with Crippen molar-refractivity contribution in [1.29, 1.82) is 0 Å².